The molecule has 5 nitrogen and oxygen atoms in total. The van der Waals surface area contributed by atoms with Gasteiger partial charge in [0.2, 0.25) is 0 Å². The van der Waals surface area contributed by atoms with Crippen LogP contribution in [-0.4, -0.2) is 46.3 Å². The Labute approximate surface area is 157 Å². The number of phenols is 3. The van der Waals surface area contributed by atoms with Gasteiger partial charge in [0.1, 0.15) is 13.6 Å². The number of benzene rings is 2. The molecule has 128 valence electrons. The number of hydrogen-bond acceptors (Lipinski definition) is 4. The van der Waals surface area contributed by atoms with E-state index in [0.29, 0.717) is 12.2 Å². The monoisotopic (exact) mass is 441 g/mol. The summed E-state index contributed by atoms with van der Waals surface area (Å²) in [6, 6.07) is 8.58. The first-order chi connectivity index (χ1) is 11.0. The van der Waals surface area contributed by atoms with Gasteiger partial charge in [-0.25, -0.2) is 4.58 Å². The largest absolute Gasteiger partial charge is 1.00 e. The average Bonchev–Trinajstić information content (AvgIpc) is 2.52. The van der Waals surface area contributed by atoms with E-state index in [1.165, 1.54) is 7.11 Å². The predicted molar refractivity (Wildman–Crippen MR) is 87.0 cm³/mol. The van der Waals surface area contributed by atoms with E-state index in [-0.39, 0.29) is 41.2 Å². The van der Waals surface area contributed by atoms with Gasteiger partial charge in [-0.3, -0.25) is 0 Å². The zero-order valence-corrected chi connectivity index (χ0v) is 15.7. The minimum Gasteiger partial charge on any atom is -1.00 e. The molecule has 6 heteroatoms. The van der Waals surface area contributed by atoms with Gasteiger partial charge in [0.05, 0.1) is 13.5 Å². The van der Waals surface area contributed by atoms with Gasteiger partial charge in [0.25, 0.3) is 0 Å². The Hall–Kier alpha value is -1.96. The highest BCUT2D eigenvalue weighted by Crippen LogP contribution is 2.32. The molecule has 0 unspecified atom stereocenters. The number of halogens is 1. The van der Waals surface area contributed by atoms with E-state index >= 15 is 0 Å². The first-order valence-electron chi connectivity index (χ1n) is 7.47. The number of methoxy groups -OCH3 is 1. The van der Waals surface area contributed by atoms with Gasteiger partial charge in [-0.15, -0.1) is 0 Å². The molecule has 2 aromatic rings. The predicted octanol–water partition coefficient (Wildman–Crippen LogP) is -0.954. The third kappa shape index (κ3) is 3.43. The van der Waals surface area contributed by atoms with Crippen LogP contribution in [0.5, 0.6) is 23.0 Å². The number of fused-ring (bicyclic) bond motifs is 1. The Bertz CT molecular complexity index is 802. The molecular formula is C18H20INO4. The van der Waals surface area contributed by atoms with Crippen LogP contribution in [0.25, 0.3) is 0 Å². The molecule has 1 aliphatic rings. The second-order valence-corrected chi connectivity index (χ2v) is 5.80. The SMILES string of the molecule is COc1ccc(CC2=[N+](C)CCc3cc(O)c(O)cc32)cc1O.[I-]. The Kier molecular flexibility index (Phi) is 5.58. The van der Waals surface area contributed by atoms with Gasteiger partial charge in [-0.2, -0.15) is 0 Å². The average molecular weight is 441 g/mol. The summed E-state index contributed by atoms with van der Waals surface area (Å²) in [5.74, 6) is 0.348. The second kappa shape index (κ2) is 7.29. The van der Waals surface area contributed by atoms with Gasteiger partial charge in [-0.05, 0) is 35.4 Å². The molecule has 0 bridgehead atoms. The van der Waals surface area contributed by atoms with Crippen LogP contribution in [0.15, 0.2) is 30.3 Å². The Balaban J connectivity index is 0.00000208. The van der Waals surface area contributed by atoms with Crippen molar-refractivity contribution in [3.8, 4) is 23.0 Å². The van der Waals surface area contributed by atoms with Crippen molar-refractivity contribution in [3.63, 3.8) is 0 Å². The fourth-order valence-corrected chi connectivity index (χ4v) is 2.99. The summed E-state index contributed by atoms with van der Waals surface area (Å²) in [5, 5.41) is 29.5. The molecule has 0 saturated heterocycles. The fourth-order valence-electron chi connectivity index (χ4n) is 2.99. The molecule has 1 aliphatic heterocycles. The second-order valence-electron chi connectivity index (χ2n) is 5.80. The van der Waals surface area contributed by atoms with E-state index in [0.717, 1.165) is 35.4 Å². The third-order valence-electron chi connectivity index (χ3n) is 4.30. The van der Waals surface area contributed by atoms with Crippen LogP contribution in [0, 0.1) is 0 Å². The van der Waals surface area contributed by atoms with Gasteiger partial charge in [0, 0.05) is 12.0 Å². The van der Waals surface area contributed by atoms with Crippen LogP contribution < -0.4 is 28.7 Å². The van der Waals surface area contributed by atoms with Crippen molar-refractivity contribution >= 4 is 5.71 Å². The number of nitrogens with zero attached hydrogens (tertiary/aromatic N) is 1. The quantitative estimate of drug-likeness (QED) is 0.326. The lowest BCUT2D eigenvalue weighted by molar-refractivity contribution is -0.498. The van der Waals surface area contributed by atoms with Gasteiger partial charge < -0.3 is 44.0 Å². The van der Waals surface area contributed by atoms with E-state index < -0.39 is 0 Å². The molecule has 0 aromatic heterocycles. The Morgan fingerprint density at radius 2 is 1.75 bits per heavy atom. The summed E-state index contributed by atoms with van der Waals surface area (Å²) in [7, 11) is 3.52. The maximum atomic E-state index is 9.94. The summed E-state index contributed by atoms with van der Waals surface area (Å²) in [5.41, 5.74) is 3.95. The van der Waals surface area contributed by atoms with E-state index in [9.17, 15) is 15.3 Å². The minimum absolute atomic E-state index is 0. The summed E-state index contributed by atoms with van der Waals surface area (Å²) >= 11 is 0. The lowest BCUT2D eigenvalue weighted by Crippen LogP contribution is -3.00. The van der Waals surface area contributed by atoms with Crippen molar-refractivity contribution in [2.75, 3.05) is 20.7 Å². The Morgan fingerprint density at radius 1 is 1.04 bits per heavy atom. The van der Waals surface area contributed by atoms with Crippen LogP contribution in [0.1, 0.15) is 16.7 Å². The number of aromatic hydroxyl groups is 3. The smallest absolute Gasteiger partial charge is 0.187 e. The topological polar surface area (TPSA) is 72.9 Å². The molecule has 0 aliphatic carbocycles. The molecule has 0 spiro atoms. The van der Waals surface area contributed by atoms with Crippen LogP contribution in [-0.2, 0) is 12.8 Å². The van der Waals surface area contributed by atoms with Crippen molar-refractivity contribution in [2.45, 2.75) is 12.8 Å². The molecule has 24 heavy (non-hydrogen) atoms. The highest BCUT2D eigenvalue weighted by molar-refractivity contribution is 6.00. The molecule has 2 aromatic carbocycles. The molecule has 0 saturated carbocycles. The zero-order valence-electron chi connectivity index (χ0n) is 13.6. The maximum Gasteiger partial charge on any atom is 0.187 e. The molecule has 3 N–H and O–H groups in total. The van der Waals surface area contributed by atoms with E-state index in [4.69, 9.17) is 4.74 Å². The summed E-state index contributed by atoms with van der Waals surface area (Å²) < 4.78 is 7.21. The van der Waals surface area contributed by atoms with Crippen molar-refractivity contribution in [2.24, 2.45) is 0 Å². The molecule has 0 fully saturated rings. The van der Waals surface area contributed by atoms with Crippen LogP contribution in [0.3, 0.4) is 0 Å². The van der Waals surface area contributed by atoms with Gasteiger partial charge >= 0.3 is 0 Å². The number of hydrogen-bond donors (Lipinski definition) is 3. The number of phenolic OH excluding ortho intramolecular Hbond substituents is 3. The lowest BCUT2D eigenvalue weighted by atomic mass is 9.92. The molecule has 1 heterocycles. The molecule has 0 atom stereocenters. The van der Waals surface area contributed by atoms with E-state index in [2.05, 4.69) is 4.58 Å². The van der Waals surface area contributed by atoms with Crippen LogP contribution in [0.2, 0.25) is 0 Å². The summed E-state index contributed by atoms with van der Waals surface area (Å²) in [6.07, 6.45) is 1.43. The number of rotatable bonds is 3. The first kappa shape index (κ1) is 18.4. The minimum atomic E-state index is -0.117. The zero-order chi connectivity index (χ0) is 16.6. The molecule has 0 radical (unpaired) electrons. The van der Waals surface area contributed by atoms with Crippen molar-refractivity contribution in [1.82, 2.24) is 0 Å². The van der Waals surface area contributed by atoms with Crippen LogP contribution >= 0.6 is 0 Å². The standard InChI is InChI=1S/C18H19NO4.HI/c1-19-6-5-12-9-15(20)16(21)10-13(12)14(19)7-11-3-4-18(23-2)17(22)8-11;/h3-4,8-10,21-22H,5-7H2,1-2H3;1H. The number of ether oxygens (including phenoxy) is 1. The number of likely N-dealkylation sites (N-methyl/N-ethyl adjacent to an activating group) is 1. The van der Waals surface area contributed by atoms with Crippen LogP contribution in [0.4, 0.5) is 0 Å². The summed E-state index contributed by atoms with van der Waals surface area (Å²) in [6.45, 7) is 0.842. The van der Waals surface area contributed by atoms with Crippen molar-refractivity contribution in [1.29, 1.82) is 0 Å². The molecule has 3 rings (SSSR count). The first-order valence-corrected chi connectivity index (χ1v) is 7.47. The highest BCUT2D eigenvalue weighted by atomic mass is 127. The summed E-state index contributed by atoms with van der Waals surface area (Å²) in [4.78, 5) is 0. The van der Waals surface area contributed by atoms with Crippen molar-refractivity contribution in [3.05, 3.63) is 47.0 Å². The normalized spacial score (nSPS) is 13.2. The molecular weight excluding hydrogens is 421 g/mol. The third-order valence-corrected chi connectivity index (χ3v) is 4.30. The van der Waals surface area contributed by atoms with Crippen molar-refractivity contribution < 1.29 is 48.6 Å². The maximum absolute atomic E-state index is 9.94. The van der Waals surface area contributed by atoms with Gasteiger partial charge in [0.15, 0.2) is 28.7 Å². The molecule has 0 amide bonds. The van der Waals surface area contributed by atoms with E-state index in [1.54, 1.807) is 24.3 Å². The van der Waals surface area contributed by atoms with Gasteiger partial charge in [-0.1, -0.05) is 6.07 Å². The highest BCUT2D eigenvalue weighted by Gasteiger charge is 2.25. The fraction of sp³-hybridized carbons (Fsp3) is 0.278. The lowest BCUT2D eigenvalue weighted by Gasteiger charge is -2.18. The Morgan fingerprint density at radius 3 is 2.42 bits per heavy atom. The van der Waals surface area contributed by atoms with E-state index in [1.807, 2.05) is 13.1 Å².